The number of carbonyl (C=O) groups excluding carboxylic acids is 1. The summed E-state index contributed by atoms with van der Waals surface area (Å²) in [6.45, 7) is 0. The summed E-state index contributed by atoms with van der Waals surface area (Å²) in [7, 11) is 1.41. The lowest BCUT2D eigenvalue weighted by Gasteiger charge is -1.97. The Balaban J connectivity index is 2.34. The van der Waals surface area contributed by atoms with Crippen molar-refractivity contribution in [1.29, 1.82) is 0 Å². The van der Waals surface area contributed by atoms with Crippen molar-refractivity contribution in [3.63, 3.8) is 0 Å². The third-order valence-electron chi connectivity index (χ3n) is 1.68. The smallest absolute Gasteiger partial charge is 0.291 e. The molecule has 0 aliphatic heterocycles. The van der Waals surface area contributed by atoms with Gasteiger partial charge in [-0.2, -0.15) is 0 Å². The monoisotopic (exact) mass is 196 g/mol. The van der Waals surface area contributed by atoms with E-state index in [1.165, 1.54) is 7.11 Å². The van der Waals surface area contributed by atoms with E-state index in [1.54, 1.807) is 17.4 Å². The Morgan fingerprint density at radius 2 is 2.54 bits per heavy atom. The lowest BCUT2D eigenvalue weighted by molar-refractivity contribution is 0.0533. The Labute approximate surface area is 78.5 Å². The number of hydrogen-bond donors (Lipinski definition) is 2. The minimum absolute atomic E-state index is 0.258. The molecule has 0 atom stereocenters. The van der Waals surface area contributed by atoms with Gasteiger partial charge < -0.3 is 4.98 Å². The second-order valence-corrected chi connectivity index (χ2v) is 3.44. The van der Waals surface area contributed by atoms with E-state index in [4.69, 9.17) is 0 Å². The summed E-state index contributed by atoms with van der Waals surface area (Å²) in [5.41, 5.74) is 2.76. The van der Waals surface area contributed by atoms with Gasteiger partial charge in [0.2, 0.25) is 0 Å². The molecule has 13 heavy (non-hydrogen) atoms. The molecular formula is C8H8N2O2S. The Bertz CT molecular complexity index is 403. The number of fused-ring (bicyclic) bond motifs is 1. The molecule has 0 saturated carbocycles. The van der Waals surface area contributed by atoms with Crippen molar-refractivity contribution < 1.29 is 9.63 Å². The third kappa shape index (κ3) is 1.43. The molecule has 2 N–H and O–H groups in total. The van der Waals surface area contributed by atoms with E-state index in [2.05, 4.69) is 15.3 Å². The van der Waals surface area contributed by atoms with Gasteiger partial charge in [-0.05, 0) is 17.5 Å². The van der Waals surface area contributed by atoms with E-state index in [1.807, 2.05) is 11.4 Å². The van der Waals surface area contributed by atoms with Crippen LogP contribution in [0.1, 0.15) is 10.5 Å². The van der Waals surface area contributed by atoms with Crippen molar-refractivity contribution in [2.24, 2.45) is 0 Å². The number of amides is 1. The van der Waals surface area contributed by atoms with Gasteiger partial charge in [0.1, 0.15) is 10.5 Å². The van der Waals surface area contributed by atoms with Crippen molar-refractivity contribution in [2.45, 2.75) is 0 Å². The zero-order chi connectivity index (χ0) is 9.26. The molecule has 0 radical (unpaired) electrons. The van der Waals surface area contributed by atoms with Crippen LogP contribution in [-0.2, 0) is 4.84 Å². The Hall–Kier alpha value is -1.33. The highest BCUT2D eigenvalue weighted by Gasteiger charge is 2.08. The van der Waals surface area contributed by atoms with E-state index >= 15 is 0 Å². The van der Waals surface area contributed by atoms with E-state index in [9.17, 15) is 4.79 Å². The van der Waals surface area contributed by atoms with Gasteiger partial charge >= 0.3 is 0 Å². The van der Waals surface area contributed by atoms with E-state index in [0.29, 0.717) is 5.69 Å². The third-order valence-corrected chi connectivity index (χ3v) is 2.53. The van der Waals surface area contributed by atoms with Crippen molar-refractivity contribution in [2.75, 3.05) is 7.11 Å². The van der Waals surface area contributed by atoms with Crippen LogP contribution in [0.4, 0.5) is 0 Å². The predicted octanol–water partition coefficient (Wildman–Crippen LogP) is 1.52. The number of aromatic nitrogens is 1. The lowest BCUT2D eigenvalue weighted by Crippen LogP contribution is -2.21. The highest BCUT2D eigenvalue weighted by atomic mass is 32.1. The van der Waals surface area contributed by atoms with Crippen molar-refractivity contribution >= 4 is 27.5 Å². The summed E-state index contributed by atoms with van der Waals surface area (Å²) >= 11 is 1.57. The van der Waals surface area contributed by atoms with E-state index < -0.39 is 0 Å². The molecule has 0 aliphatic rings. The highest BCUT2D eigenvalue weighted by molar-refractivity contribution is 7.16. The molecule has 2 aromatic heterocycles. The van der Waals surface area contributed by atoms with Gasteiger partial charge in [-0.3, -0.25) is 9.63 Å². The van der Waals surface area contributed by atoms with Crippen LogP contribution in [0.3, 0.4) is 0 Å². The second kappa shape index (κ2) is 3.20. The Morgan fingerprint density at radius 1 is 1.69 bits per heavy atom. The van der Waals surface area contributed by atoms with Gasteiger partial charge in [0, 0.05) is 5.39 Å². The zero-order valence-electron chi connectivity index (χ0n) is 6.96. The van der Waals surface area contributed by atoms with Crippen LogP contribution in [0.5, 0.6) is 0 Å². The molecule has 2 heterocycles. The normalized spacial score (nSPS) is 10.5. The quantitative estimate of drug-likeness (QED) is 0.715. The Kier molecular flexibility index (Phi) is 2.03. The number of hydrogen-bond acceptors (Lipinski definition) is 3. The van der Waals surface area contributed by atoms with Crippen LogP contribution in [-0.4, -0.2) is 18.0 Å². The predicted molar refractivity (Wildman–Crippen MR) is 50.7 cm³/mol. The Morgan fingerprint density at radius 3 is 3.23 bits per heavy atom. The van der Waals surface area contributed by atoms with Crippen LogP contribution in [0.15, 0.2) is 17.5 Å². The molecule has 0 fully saturated rings. The van der Waals surface area contributed by atoms with Crippen LogP contribution in [0, 0.1) is 0 Å². The SMILES string of the molecule is CONC(=O)c1cc2ccsc2[nH]1. The standard InChI is InChI=1S/C8H8N2O2S/c1-12-10-7(11)6-4-5-2-3-13-8(5)9-6/h2-4,9H,1H3,(H,10,11). The molecule has 5 heteroatoms. The largest absolute Gasteiger partial charge is 0.342 e. The molecule has 1 amide bonds. The van der Waals surface area contributed by atoms with Crippen LogP contribution >= 0.6 is 11.3 Å². The molecule has 4 nitrogen and oxygen atoms in total. The summed E-state index contributed by atoms with van der Waals surface area (Å²) in [6.07, 6.45) is 0. The zero-order valence-corrected chi connectivity index (χ0v) is 7.77. The summed E-state index contributed by atoms with van der Waals surface area (Å²) in [4.78, 5) is 19.8. The van der Waals surface area contributed by atoms with Gasteiger partial charge in [0.05, 0.1) is 7.11 Å². The molecule has 2 rings (SSSR count). The van der Waals surface area contributed by atoms with Gasteiger partial charge in [-0.1, -0.05) is 0 Å². The van der Waals surface area contributed by atoms with Crippen LogP contribution in [0.25, 0.3) is 10.2 Å². The molecule has 0 saturated heterocycles. The number of thiophene rings is 1. The summed E-state index contributed by atoms with van der Waals surface area (Å²) in [5.74, 6) is -0.258. The lowest BCUT2D eigenvalue weighted by atomic mass is 10.3. The maximum atomic E-state index is 11.2. The fraction of sp³-hybridized carbons (Fsp3) is 0.125. The summed E-state index contributed by atoms with van der Waals surface area (Å²) in [5, 5.41) is 3.02. The van der Waals surface area contributed by atoms with E-state index in [-0.39, 0.29) is 5.91 Å². The molecule has 0 unspecified atom stereocenters. The fourth-order valence-corrected chi connectivity index (χ4v) is 1.90. The maximum absolute atomic E-state index is 11.2. The molecule has 68 valence electrons. The number of rotatable bonds is 2. The number of nitrogens with one attached hydrogen (secondary N) is 2. The van der Waals surface area contributed by atoms with Gasteiger partial charge in [0.25, 0.3) is 5.91 Å². The van der Waals surface area contributed by atoms with Gasteiger partial charge in [-0.15, -0.1) is 11.3 Å². The molecule has 0 aliphatic carbocycles. The van der Waals surface area contributed by atoms with Crippen molar-refractivity contribution in [3.05, 3.63) is 23.2 Å². The molecule has 0 spiro atoms. The molecule has 2 aromatic rings. The van der Waals surface area contributed by atoms with Crippen molar-refractivity contribution in [1.82, 2.24) is 10.5 Å². The summed E-state index contributed by atoms with van der Waals surface area (Å²) < 4.78 is 0. The van der Waals surface area contributed by atoms with Crippen LogP contribution < -0.4 is 5.48 Å². The van der Waals surface area contributed by atoms with Gasteiger partial charge in [-0.25, -0.2) is 5.48 Å². The fourth-order valence-electron chi connectivity index (χ4n) is 1.12. The first-order chi connectivity index (χ1) is 6.31. The average Bonchev–Trinajstić information content (AvgIpc) is 2.61. The topological polar surface area (TPSA) is 54.1 Å². The number of carbonyl (C=O) groups is 1. The molecular weight excluding hydrogens is 188 g/mol. The van der Waals surface area contributed by atoms with Gasteiger partial charge in [0.15, 0.2) is 0 Å². The molecule has 0 bridgehead atoms. The number of H-pyrrole nitrogens is 1. The van der Waals surface area contributed by atoms with Crippen molar-refractivity contribution in [3.8, 4) is 0 Å². The first-order valence-electron chi connectivity index (χ1n) is 3.71. The minimum atomic E-state index is -0.258. The first kappa shape index (κ1) is 8.28. The number of aromatic amines is 1. The summed E-state index contributed by atoms with van der Waals surface area (Å²) in [6, 6.07) is 3.75. The average molecular weight is 196 g/mol. The van der Waals surface area contributed by atoms with Crippen LogP contribution in [0.2, 0.25) is 0 Å². The molecule has 0 aromatic carbocycles. The number of hydroxylamine groups is 1. The highest BCUT2D eigenvalue weighted by Crippen LogP contribution is 2.20. The second-order valence-electron chi connectivity index (χ2n) is 2.52. The maximum Gasteiger partial charge on any atom is 0.291 e. The first-order valence-corrected chi connectivity index (χ1v) is 4.59. The van der Waals surface area contributed by atoms with E-state index in [0.717, 1.165) is 10.2 Å². The minimum Gasteiger partial charge on any atom is -0.342 e.